The van der Waals surface area contributed by atoms with Crippen molar-refractivity contribution in [2.45, 2.75) is 19.0 Å². The van der Waals surface area contributed by atoms with Crippen LogP contribution in [-0.4, -0.2) is 18.4 Å². The average molecular weight is 348 g/mol. The Hall–Kier alpha value is -2.83. The molecule has 1 aliphatic rings. The molecule has 0 aromatic heterocycles. The van der Waals surface area contributed by atoms with Gasteiger partial charge in [-0.05, 0) is 42.8 Å². The molecule has 3 rings (SSSR count). The van der Waals surface area contributed by atoms with Gasteiger partial charge >= 0.3 is 6.18 Å². The monoisotopic (exact) mass is 348 g/mol. The van der Waals surface area contributed by atoms with Crippen molar-refractivity contribution < 1.29 is 22.8 Å². The predicted molar refractivity (Wildman–Crippen MR) is 87.4 cm³/mol. The molecular formula is C18H15F3N2O2. The number of rotatable bonds is 3. The molecule has 0 radical (unpaired) electrons. The van der Waals surface area contributed by atoms with Gasteiger partial charge < -0.3 is 10.2 Å². The summed E-state index contributed by atoms with van der Waals surface area (Å²) in [6.07, 6.45) is -3.27. The van der Waals surface area contributed by atoms with Gasteiger partial charge in [-0.15, -0.1) is 0 Å². The summed E-state index contributed by atoms with van der Waals surface area (Å²) >= 11 is 0. The van der Waals surface area contributed by atoms with E-state index in [2.05, 4.69) is 5.32 Å². The van der Waals surface area contributed by atoms with E-state index in [1.54, 1.807) is 17.0 Å². The fourth-order valence-electron chi connectivity index (χ4n) is 2.75. The van der Waals surface area contributed by atoms with Crippen LogP contribution >= 0.6 is 0 Å². The zero-order chi connectivity index (χ0) is 18.0. The van der Waals surface area contributed by atoms with Crippen LogP contribution in [0.1, 0.15) is 28.8 Å². The molecule has 130 valence electrons. The Morgan fingerprint density at radius 1 is 1.04 bits per heavy atom. The zero-order valence-electron chi connectivity index (χ0n) is 13.1. The van der Waals surface area contributed by atoms with Crippen LogP contribution in [0.3, 0.4) is 0 Å². The van der Waals surface area contributed by atoms with E-state index in [4.69, 9.17) is 0 Å². The van der Waals surface area contributed by atoms with Gasteiger partial charge in [-0.1, -0.05) is 12.1 Å². The molecule has 2 aromatic carbocycles. The van der Waals surface area contributed by atoms with Gasteiger partial charge in [0.1, 0.15) is 0 Å². The summed E-state index contributed by atoms with van der Waals surface area (Å²) in [5, 5.41) is 2.29. The summed E-state index contributed by atoms with van der Waals surface area (Å²) in [6.45, 7) is 0.628. The molecule has 0 atom stereocenters. The van der Waals surface area contributed by atoms with Crippen LogP contribution in [0, 0.1) is 0 Å². The topological polar surface area (TPSA) is 49.4 Å². The molecule has 2 aromatic rings. The number of carbonyl (C=O) groups excluding carboxylic acids is 2. The molecule has 1 saturated heterocycles. The lowest BCUT2D eigenvalue weighted by molar-refractivity contribution is -0.136. The Morgan fingerprint density at radius 2 is 1.72 bits per heavy atom. The Morgan fingerprint density at radius 3 is 2.32 bits per heavy atom. The molecule has 0 spiro atoms. The maximum Gasteiger partial charge on any atom is 0.418 e. The van der Waals surface area contributed by atoms with E-state index >= 15 is 0 Å². The Kier molecular flexibility index (Phi) is 4.48. The van der Waals surface area contributed by atoms with Crippen molar-refractivity contribution in [3.8, 4) is 0 Å². The lowest BCUT2D eigenvalue weighted by Crippen LogP contribution is -2.23. The highest BCUT2D eigenvalue weighted by Gasteiger charge is 2.33. The van der Waals surface area contributed by atoms with Gasteiger partial charge in [0.15, 0.2) is 0 Å². The summed E-state index contributed by atoms with van der Waals surface area (Å²) in [5.41, 5.74) is -0.302. The van der Waals surface area contributed by atoms with Crippen molar-refractivity contribution >= 4 is 23.2 Å². The van der Waals surface area contributed by atoms with Crippen molar-refractivity contribution in [1.29, 1.82) is 0 Å². The van der Waals surface area contributed by atoms with E-state index < -0.39 is 17.6 Å². The Bertz CT molecular complexity index is 801. The second-order valence-electron chi connectivity index (χ2n) is 5.69. The molecule has 0 bridgehead atoms. The maximum atomic E-state index is 13.0. The van der Waals surface area contributed by atoms with E-state index in [0.29, 0.717) is 18.7 Å². The first-order chi connectivity index (χ1) is 11.9. The largest absolute Gasteiger partial charge is 0.418 e. The van der Waals surface area contributed by atoms with Crippen LogP contribution in [0.15, 0.2) is 48.5 Å². The maximum absolute atomic E-state index is 13.0. The van der Waals surface area contributed by atoms with Gasteiger partial charge in [0.05, 0.1) is 11.3 Å². The average Bonchev–Trinajstić information content (AvgIpc) is 3.00. The Labute approximate surface area is 142 Å². The van der Waals surface area contributed by atoms with Crippen LogP contribution in [0.2, 0.25) is 0 Å². The predicted octanol–water partition coefficient (Wildman–Crippen LogP) is 4.08. The number of alkyl halides is 3. The third-order valence-corrected chi connectivity index (χ3v) is 4.00. The summed E-state index contributed by atoms with van der Waals surface area (Å²) in [7, 11) is 0. The third kappa shape index (κ3) is 3.65. The molecule has 0 saturated carbocycles. The van der Waals surface area contributed by atoms with Crippen LogP contribution in [0.4, 0.5) is 24.5 Å². The number of benzene rings is 2. The third-order valence-electron chi connectivity index (χ3n) is 4.00. The van der Waals surface area contributed by atoms with Crippen LogP contribution in [0.25, 0.3) is 0 Å². The SMILES string of the molecule is O=C(Nc1ccccc1C(F)(F)F)c1ccc(N2CCCC2=O)cc1. The molecular weight excluding hydrogens is 333 g/mol. The molecule has 0 unspecified atom stereocenters. The highest BCUT2D eigenvalue weighted by Crippen LogP contribution is 2.34. The number of hydrogen-bond acceptors (Lipinski definition) is 2. The van der Waals surface area contributed by atoms with Crippen molar-refractivity contribution in [2.75, 3.05) is 16.8 Å². The number of anilines is 2. The first-order valence-corrected chi connectivity index (χ1v) is 7.74. The second kappa shape index (κ2) is 6.58. The molecule has 4 nitrogen and oxygen atoms in total. The van der Waals surface area contributed by atoms with Gasteiger partial charge in [0, 0.05) is 24.2 Å². The minimum atomic E-state index is -4.55. The number of amides is 2. The lowest BCUT2D eigenvalue weighted by Gasteiger charge is -2.16. The summed E-state index contributed by atoms with van der Waals surface area (Å²) < 4.78 is 38.9. The first-order valence-electron chi connectivity index (χ1n) is 7.74. The molecule has 1 heterocycles. The van der Waals surface area contributed by atoms with Crippen molar-refractivity contribution in [3.63, 3.8) is 0 Å². The van der Waals surface area contributed by atoms with Gasteiger partial charge in [0.2, 0.25) is 5.91 Å². The van der Waals surface area contributed by atoms with Crippen molar-refractivity contribution in [1.82, 2.24) is 0 Å². The minimum absolute atomic E-state index is 0.0244. The van der Waals surface area contributed by atoms with E-state index in [1.807, 2.05) is 0 Å². The second-order valence-corrected chi connectivity index (χ2v) is 5.69. The normalized spacial score (nSPS) is 14.7. The van der Waals surface area contributed by atoms with Crippen LogP contribution in [-0.2, 0) is 11.0 Å². The van der Waals surface area contributed by atoms with Crippen LogP contribution in [0.5, 0.6) is 0 Å². The highest BCUT2D eigenvalue weighted by molar-refractivity contribution is 6.05. The van der Waals surface area contributed by atoms with Crippen molar-refractivity contribution in [3.05, 3.63) is 59.7 Å². The molecule has 2 amide bonds. The lowest BCUT2D eigenvalue weighted by atomic mass is 10.1. The van der Waals surface area contributed by atoms with E-state index in [-0.39, 0.29) is 17.2 Å². The minimum Gasteiger partial charge on any atom is -0.321 e. The van der Waals surface area contributed by atoms with E-state index in [0.717, 1.165) is 12.5 Å². The fraction of sp³-hybridized carbons (Fsp3) is 0.222. The standard InChI is InChI=1S/C18H15F3N2O2/c19-18(20,21)14-4-1-2-5-15(14)22-17(25)12-7-9-13(10-8-12)23-11-3-6-16(23)24/h1-2,4-5,7-10H,3,6,11H2,(H,22,25). The molecule has 0 aliphatic carbocycles. The van der Waals surface area contributed by atoms with Gasteiger partial charge in [-0.25, -0.2) is 0 Å². The van der Waals surface area contributed by atoms with E-state index in [9.17, 15) is 22.8 Å². The van der Waals surface area contributed by atoms with E-state index in [1.165, 1.54) is 30.3 Å². The number of hydrogen-bond donors (Lipinski definition) is 1. The van der Waals surface area contributed by atoms with Gasteiger partial charge in [-0.2, -0.15) is 13.2 Å². The first kappa shape index (κ1) is 17.0. The fourth-order valence-corrected chi connectivity index (χ4v) is 2.75. The Balaban J connectivity index is 1.77. The molecule has 25 heavy (non-hydrogen) atoms. The quantitative estimate of drug-likeness (QED) is 0.908. The molecule has 7 heteroatoms. The molecule has 1 fully saturated rings. The molecule has 1 aliphatic heterocycles. The number of nitrogens with zero attached hydrogens (tertiary/aromatic N) is 1. The summed E-state index contributed by atoms with van der Waals surface area (Å²) in [6, 6.07) is 11.0. The zero-order valence-corrected chi connectivity index (χ0v) is 13.1. The van der Waals surface area contributed by atoms with Crippen molar-refractivity contribution in [2.24, 2.45) is 0 Å². The number of nitrogens with one attached hydrogen (secondary N) is 1. The highest BCUT2D eigenvalue weighted by atomic mass is 19.4. The number of para-hydroxylation sites is 1. The molecule has 1 N–H and O–H groups in total. The number of carbonyl (C=O) groups is 2. The van der Waals surface area contributed by atoms with Gasteiger partial charge in [-0.3, -0.25) is 9.59 Å². The summed E-state index contributed by atoms with van der Waals surface area (Å²) in [4.78, 5) is 25.6. The van der Waals surface area contributed by atoms with Gasteiger partial charge in [0.25, 0.3) is 5.91 Å². The smallest absolute Gasteiger partial charge is 0.321 e. The summed E-state index contributed by atoms with van der Waals surface area (Å²) in [5.74, 6) is -0.618. The van der Waals surface area contributed by atoms with Crippen LogP contribution < -0.4 is 10.2 Å². The number of halogens is 3.